The van der Waals surface area contributed by atoms with Crippen molar-refractivity contribution in [3.63, 3.8) is 0 Å². The summed E-state index contributed by atoms with van der Waals surface area (Å²) in [6.45, 7) is 0. The second kappa shape index (κ2) is 3.69. The van der Waals surface area contributed by atoms with Crippen molar-refractivity contribution in [1.29, 1.82) is 0 Å². The highest BCUT2D eigenvalue weighted by Gasteiger charge is 2.14. The first kappa shape index (κ1) is 9.91. The first-order chi connectivity index (χ1) is 6.02. The molecule has 0 saturated carbocycles. The zero-order valence-corrected chi connectivity index (χ0v) is 8.87. The summed E-state index contributed by atoms with van der Waals surface area (Å²) in [6.07, 6.45) is 1.45. The Labute approximate surface area is 84.1 Å². The molecule has 0 spiro atoms. The van der Waals surface area contributed by atoms with Gasteiger partial charge in [-0.15, -0.1) is 0 Å². The van der Waals surface area contributed by atoms with Crippen molar-refractivity contribution >= 4 is 27.7 Å². The number of aromatic nitrogens is 2. The van der Waals surface area contributed by atoms with E-state index in [0.717, 1.165) is 0 Å². The third kappa shape index (κ3) is 2.15. The van der Waals surface area contributed by atoms with Crippen molar-refractivity contribution in [2.24, 2.45) is 0 Å². The molecule has 0 bridgehead atoms. The highest BCUT2D eigenvalue weighted by Crippen LogP contribution is 2.11. The molecule has 1 heterocycles. The van der Waals surface area contributed by atoms with E-state index in [4.69, 9.17) is 5.73 Å². The number of carbonyl (C=O) groups excluding carboxylic acids is 1. The van der Waals surface area contributed by atoms with Gasteiger partial charge in [0, 0.05) is 14.1 Å². The van der Waals surface area contributed by atoms with Gasteiger partial charge in [-0.25, -0.2) is 9.97 Å². The number of anilines is 1. The van der Waals surface area contributed by atoms with Gasteiger partial charge in [-0.05, 0) is 15.9 Å². The van der Waals surface area contributed by atoms with Gasteiger partial charge in [0.05, 0.1) is 6.20 Å². The minimum absolute atomic E-state index is 0.141. The standard InChI is InChI=1S/C7H9BrN4O/c1-12(2)7(13)5-6(9)10-3-4(8)11-5/h3H,1-2H3,(H2,9,10). The smallest absolute Gasteiger partial charge is 0.275 e. The maximum Gasteiger partial charge on any atom is 0.275 e. The molecule has 5 nitrogen and oxygen atoms in total. The highest BCUT2D eigenvalue weighted by molar-refractivity contribution is 9.10. The Morgan fingerprint density at radius 1 is 1.62 bits per heavy atom. The Hall–Kier alpha value is -1.17. The van der Waals surface area contributed by atoms with Gasteiger partial charge in [-0.2, -0.15) is 0 Å². The summed E-state index contributed by atoms with van der Waals surface area (Å²) in [5, 5.41) is 0. The van der Waals surface area contributed by atoms with Crippen LogP contribution in [0, 0.1) is 0 Å². The summed E-state index contributed by atoms with van der Waals surface area (Å²) in [5.41, 5.74) is 5.65. The summed E-state index contributed by atoms with van der Waals surface area (Å²) in [6, 6.07) is 0. The summed E-state index contributed by atoms with van der Waals surface area (Å²) >= 11 is 3.11. The van der Waals surface area contributed by atoms with E-state index < -0.39 is 0 Å². The zero-order valence-electron chi connectivity index (χ0n) is 7.28. The maximum atomic E-state index is 11.4. The van der Waals surface area contributed by atoms with E-state index >= 15 is 0 Å². The van der Waals surface area contributed by atoms with E-state index in [1.54, 1.807) is 14.1 Å². The van der Waals surface area contributed by atoms with Gasteiger partial charge in [-0.1, -0.05) is 0 Å². The molecule has 70 valence electrons. The van der Waals surface area contributed by atoms with Crippen LogP contribution in [0.5, 0.6) is 0 Å². The molecule has 6 heteroatoms. The summed E-state index contributed by atoms with van der Waals surface area (Å²) in [4.78, 5) is 20.6. The molecule has 0 aliphatic rings. The summed E-state index contributed by atoms with van der Waals surface area (Å²) in [5.74, 6) is -0.117. The third-order valence-electron chi connectivity index (χ3n) is 1.38. The molecule has 0 saturated heterocycles. The number of nitrogen functional groups attached to an aromatic ring is 1. The van der Waals surface area contributed by atoms with Crippen LogP contribution in [0.2, 0.25) is 0 Å². The van der Waals surface area contributed by atoms with Crippen molar-refractivity contribution < 1.29 is 4.79 Å². The minimum Gasteiger partial charge on any atom is -0.382 e. The van der Waals surface area contributed by atoms with Gasteiger partial charge in [0.1, 0.15) is 4.60 Å². The lowest BCUT2D eigenvalue weighted by atomic mass is 10.3. The topological polar surface area (TPSA) is 72.1 Å². The number of amides is 1. The predicted octanol–water partition coefficient (Wildman–Crippen LogP) is 0.523. The highest BCUT2D eigenvalue weighted by atomic mass is 79.9. The van der Waals surface area contributed by atoms with Gasteiger partial charge >= 0.3 is 0 Å². The van der Waals surface area contributed by atoms with Crippen LogP contribution in [0.25, 0.3) is 0 Å². The molecular formula is C7H9BrN4O. The van der Waals surface area contributed by atoms with Crippen LogP contribution in [0.3, 0.4) is 0 Å². The Morgan fingerprint density at radius 3 is 2.77 bits per heavy atom. The number of hydrogen-bond acceptors (Lipinski definition) is 4. The lowest BCUT2D eigenvalue weighted by molar-refractivity contribution is 0.0822. The molecule has 2 N–H and O–H groups in total. The molecule has 13 heavy (non-hydrogen) atoms. The molecule has 1 aromatic heterocycles. The largest absolute Gasteiger partial charge is 0.382 e. The fourth-order valence-corrected chi connectivity index (χ4v) is 1.03. The van der Waals surface area contributed by atoms with Crippen LogP contribution in [-0.2, 0) is 0 Å². The van der Waals surface area contributed by atoms with Crippen LogP contribution < -0.4 is 5.73 Å². The quantitative estimate of drug-likeness (QED) is 0.782. The lowest BCUT2D eigenvalue weighted by Crippen LogP contribution is -2.24. The van der Waals surface area contributed by atoms with Crippen LogP contribution in [0.4, 0.5) is 5.82 Å². The fourth-order valence-electron chi connectivity index (χ4n) is 0.746. The van der Waals surface area contributed by atoms with E-state index in [9.17, 15) is 4.79 Å². The first-order valence-corrected chi connectivity index (χ1v) is 4.31. The van der Waals surface area contributed by atoms with E-state index in [-0.39, 0.29) is 17.4 Å². The van der Waals surface area contributed by atoms with Gasteiger partial charge in [0.25, 0.3) is 5.91 Å². The molecule has 0 aliphatic carbocycles. The van der Waals surface area contributed by atoms with Crippen molar-refractivity contribution in [3.8, 4) is 0 Å². The minimum atomic E-state index is -0.258. The molecule has 0 radical (unpaired) electrons. The molecule has 0 atom stereocenters. The average Bonchev–Trinajstić information content (AvgIpc) is 2.08. The van der Waals surface area contributed by atoms with Gasteiger partial charge in [-0.3, -0.25) is 4.79 Å². The average molecular weight is 245 g/mol. The van der Waals surface area contributed by atoms with E-state index in [1.165, 1.54) is 11.1 Å². The van der Waals surface area contributed by atoms with Gasteiger partial charge in [0.15, 0.2) is 11.5 Å². The second-order valence-electron chi connectivity index (χ2n) is 2.63. The molecule has 1 aromatic rings. The Bertz CT molecular complexity index is 339. The number of nitrogens with zero attached hydrogens (tertiary/aromatic N) is 3. The van der Waals surface area contributed by atoms with Crippen molar-refractivity contribution in [2.75, 3.05) is 19.8 Å². The molecule has 0 aliphatic heterocycles. The normalized spacial score (nSPS) is 9.77. The third-order valence-corrected chi connectivity index (χ3v) is 1.76. The van der Waals surface area contributed by atoms with Crippen molar-refractivity contribution in [3.05, 3.63) is 16.5 Å². The maximum absolute atomic E-state index is 11.4. The van der Waals surface area contributed by atoms with Gasteiger partial charge < -0.3 is 10.6 Å². The van der Waals surface area contributed by atoms with E-state index in [0.29, 0.717) is 4.60 Å². The lowest BCUT2D eigenvalue weighted by Gasteiger charge is -2.10. The fraction of sp³-hybridized carbons (Fsp3) is 0.286. The molecular weight excluding hydrogens is 236 g/mol. The van der Waals surface area contributed by atoms with Crippen LogP contribution in [-0.4, -0.2) is 34.9 Å². The first-order valence-electron chi connectivity index (χ1n) is 3.52. The van der Waals surface area contributed by atoms with E-state index in [1.807, 2.05) is 0 Å². The Balaban J connectivity index is 3.13. The molecule has 0 fully saturated rings. The number of carbonyl (C=O) groups is 1. The number of hydrogen-bond donors (Lipinski definition) is 1. The molecule has 0 aromatic carbocycles. The van der Waals surface area contributed by atoms with Crippen molar-refractivity contribution in [2.45, 2.75) is 0 Å². The monoisotopic (exact) mass is 244 g/mol. The van der Waals surface area contributed by atoms with Crippen molar-refractivity contribution in [1.82, 2.24) is 14.9 Å². The second-order valence-corrected chi connectivity index (χ2v) is 3.44. The SMILES string of the molecule is CN(C)C(=O)c1nc(Br)cnc1N. The molecule has 1 rings (SSSR count). The summed E-state index contributed by atoms with van der Waals surface area (Å²) in [7, 11) is 3.26. The summed E-state index contributed by atoms with van der Waals surface area (Å²) < 4.78 is 0.493. The molecule has 0 unspecified atom stereocenters. The number of nitrogens with two attached hydrogens (primary N) is 1. The van der Waals surface area contributed by atoms with Crippen LogP contribution >= 0.6 is 15.9 Å². The molecule has 1 amide bonds. The number of rotatable bonds is 1. The predicted molar refractivity (Wildman–Crippen MR) is 52.2 cm³/mol. The van der Waals surface area contributed by atoms with E-state index in [2.05, 4.69) is 25.9 Å². The number of halogens is 1. The van der Waals surface area contributed by atoms with Gasteiger partial charge in [0.2, 0.25) is 0 Å². The zero-order chi connectivity index (χ0) is 10.0. The van der Waals surface area contributed by atoms with Crippen LogP contribution in [0.15, 0.2) is 10.8 Å². The van der Waals surface area contributed by atoms with Crippen LogP contribution in [0.1, 0.15) is 10.5 Å². The Morgan fingerprint density at radius 2 is 2.23 bits per heavy atom. The Kier molecular flexibility index (Phi) is 2.82.